The van der Waals surface area contributed by atoms with E-state index in [1.807, 2.05) is 53.1 Å². The molecule has 1 aliphatic carbocycles. The number of benzene rings is 2. The van der Waals surface area contributed by atoms with Crippen LogP contribution in [0.4, 0.5) is 34.4 Å². The lowest BCUT2D eigenvalue weighted by Gasteiger charge is -2.37. The number of fused-ring (bicyclic) bond motifs is 2. The van der Waals surface area contributed by atoms with Crippen LogP contribution in [0.25, 0.3) is 17.0 Å². The molecule has 27 heteroatoms. The molecule has 3 radical (unpaired) electrons. The van der Waals surface area contributed by atoms with Gasteiger partial charge in [0.1, 0.15) is 5.69 Å². The van der Waals surface area contributed by atoms with Gasteiger partial charge in [-0.15, -0.1) is 20.6 Å². The van der Waals surface area contributed by atoms with Gasteiger partial charge in [0, 0.05) is 125 Å². The molecule has 21 nitrogen and oxygen atoms in total. The molecule has 2 fully saturated rings. The maximum atomic E-state index is 13.8. The highest BCUT2D eigenvalue weighted by molar-refractivity contribution is 7.92. The van der Waals surface area contributed by atoms with Gasteiger partial charge in [0.05, 0.1) is 43.0 Å². The van der Waals surface area contributed by atoms with Crippen LogP contribution in [0.3, 0.4) is 0 Å². The van der Waals surface area contributed by atoms with Crippen molar-refractivity contribution in [1.82, 2.24) is 24.8 Å². The predicted molar refractivity (Wildman–Crippen MR) is 325 cm³/mol. The minimum atomic E-state index is -3.44. The summed E-state index contributed by atoms with van der Waals surface area (Å²) in [5.74, 6) is 1.84. The molecule has 3 unspecified atom stereocenters. The molecule has 3 atom stereocenters. The van der Waals surface area contributed by atoms with Crippen LogP contribution in [-0.2, 0) is 43.0 Å². The Morgan fingerprint density at radius 1 is 0.700 bits per heavy atom. The predicted octanol–water partition coefficient (Wildman–Crippen LogP) is 8.61. The third-order valence-corrected chi connectivity index (χ3v) is 16.4. The zero-order valence-electron chi connectivity index (χ0n) is 46.6. The Kier molecular flexibility index (Phi) is 24.6. The maximum absolute atomic E-state index is 13.8. The van der Waals surface area contributed by atoms with E-state index in [0.29, 0.717) is 119 Å². The Morgan fingerprint density at radius 3 is 1.68 bits per heavy atom. The molecule has 2 saturated heterocycles. The van der Waals surface area contributed by atoms with Crippen LogP contribution in [0, 0.1) is 0 Å². The van der Waals surface area contributed by atoms with Gasteiger partial charge in [-0.2, -0.15) is 0 Å². The van der Waals surface area contributed by atoms with E-state index in [9.17, 15) is 35.6 Å². The van der Waals surface area contributed by atoms with Crippen molar-refractivity contribution in [1.29, 1.82) is 0 Å². The number of alkyl halides is 1. The number of anilines is 6. The van der Waals surface area contributed by atoms with Gasteiger partial charge in [-0.25, -0.2) is 26.8 Å². The fourth-order valence-electron chi connectivity index (χ4n) is 9.24. The number of carbonyl (C=O) groups is 2. The van der Waals surface area contributed by atoms with Crippen molar-refractivity contribution in [2.45, 2.75) is 66.0 Å². The minimum absolute atomic E-state index is 0. The smallest absolute Gasteiger partial charge is 0.380 e. The van der Waals surface area contributed by atoms with Crippen molar-refractivity contribution in [3.63, 3.8) is 0 Å². The summed E-state index contributed by atoms with van der Waals surface area (Å²) >= 11 is 5.27. The number of carbonyl (C=O) groups excluding carboxylic acids is 2. The van der Waals surface area contributed by atoms with E-state index in [2.05, 4.69) is 72.5 Å². The first-order valence-electron chi connectivity index (χ1n) is 26.2. The van der Waals surface area contributed by atoms with E-state index in [1.54, 1.807) is 55.7 Å². The molecule has 5 N–H and O–H groups in total. The maximum Gasteiger partial charge on any atom is 0.509 e. The Bertz CT molecular complexity index is 3190. The average molecular weight is 1200 g/mol. The molecule has 2 aromatic carbocycles. The van der Waals surface area contributed by atoms with E-state index < -0.39 is 36.1 Å². The summed E-state index contributed by atoms with van der Waals surface area (Å²) in [5, 5.41) is 7.65. The lowest BCUT2D eigenvalue weighted by molar-refractivity contribution is -0.127. The number of rotatable bonds is 21. The number of aromatic amines is 1. The molecular weight excluding hydrogens is 1120 g/mol. The summed E-state index contributed by atoms with van der Waals surface area (Å²) in [4.78, 5) is 47.3. The number of hydrogen-bond acceptors (Lipinski definition) is 16. The molecule has 431 valence electrons. The van der Waals surface area contributed by atoms with Gasteiger partial charge in [-0.05, 0) is 129 Å². The first-order chi connectivity index (χ1) is 37.6. The molecule has 80 heavy (non-hydrogen) atoms. The number of sulfonamides is 2. The zero-order valence-corrected chi connectivity index (χ0v) is 50.8. The zero-order chi connectivity index (χ0) is 57.4. The summed E-state index contributed by atoms with van der Waals surface area (Å²) < 4.78 is 84.1. The molecule has 0 spiro atoms. The Morgan fingerprint density at radius 2 is 1.19 bits per heavy atom. The number of aromatic nitrogens is 3. The summed E-state index contributed by atoms with van der Waals surface area (Å²) in [7, 11) is -10.1. The van der Waals surface area contributed by atoms with Gasteiger partial charge in [-0.3, -0.25) is 19.0 Å². The van der Waals surface area contributed by atoms with Crippen LogP contribution < -0.4 is 29.9 Å². The van der Waals surface area contributed by atoms with Crippen LogP contribution in [0.15, 0.2) is 84.7 Å². The number of pyridine rings is 2. The van der Waals surface area contributed by atoms with Crippen molar-refractivity contribution in [3.05, 3.63) is 102 Å². The van der Waals surface area contributed by atoms with Crippen LogP contribution in [0.5, 0.6) is 0 Å². The molecule has 0 saturated carbocycles. The fraction of sp³-hybridized carbons (Fsp3) is 0.472. The van der Waals surface area contributed by atoms with E-state index in [1.165, 1.54) is 0 Å². The molecule has 5 aromatic rings. The number of piperazine rings is 2. The molecule has 8 rings (SSSR count). The minimum Gasteiger partial charge on any atom is -0.380 e. The lowest BCUT2D eigenvalue weighted by Crippen LogP contribution is -2.49. The molecule has 2 aliphatic heterocycles. The standard InChI is InChI=1S/C27H37N5O5PS.C22H28N6O3S.C4H9ClO2P.B/c1-5-37-38(34)16-10-23-22-9-8-21(30-39(4,35)36)17-20(22)18-24(23)27(33)32-14-12-31(13-15-32)26-25(29-19(2)3)7-6-11-28-26;1-15(2)24-19-5-4-8-23-21(19)27-9-11-28(12-10-27)22(29)20-14-16-13-17(26-32(3,30)31)6-7-18(16)25-20;1-2-7-8(6)4-3-5;/h6-9,11,17-19,23,29-30H,5,10,12-16H2,1-4H3;4-8,13-15,24-26H,9-12H2,1-3H3;2-4H2,1H3;/q+1;;+1;. The topological polar surface area (TPSA) is 258 Å². The summed E-state index contributed by atoms with van der Waals surface area (Å²) in [6, 6.07) is 20.7. The van der Waals surface area contributed by atoms with Crippen LogP contribution in [0.1, 0.15) is 75.5 Å². The first kappa shape index (κ1) is 65.0. The summed E-state index contributed by atoms with van der Waals surface area (Å²) in [5.41, 5.74) is 6.50. The third-order valence-electron chi connectivity index (χ3n) is 12.5. The van der Waals surface area contributed by atoms with Crippen molar-refractivity contribution in [2.75, 3.05) is 126 Å². The largest absolute Gasteiger partial charge is 0.509 e. The van der Waals surface area contributed by atoms with Gasteiger partial charge < -0.3 is 35.2 Å². The number of amides is 2. The van der Waals surface area contributed by atoms with Gasteiger partial charge in [0.15, 0.2) is 24.0 Å². The van der Waals surface area contributed by atoms with Crippen molar-refractivity contribution in [2.24, 2.45) is 0 Å². The Labute approximate surface area is 479 Å². The number of halogens is 1. The number of H-pyrrole nitrogens is 1. The molecule has 2 amide bonds. The average Bonchev–Trinajstić information content (AvgIpc) is 3.98. The third kappa shape index (κ3) is 19.1. The highest BCUT2D eigenvalue weighted by atomic mass is 35.5. The van der Waals surface area contributed by atoms with Crippen LogP contribution in [-0.4, -0.2) is 170 Å². The van der Waals surface area contributed by atoms with Crippen LogP contribution >= 0.6 is 27.7 Å². The second-order valence-corrected chi connectivity index (χ2v) is 26.2. The van der Waals surface area contributed by atoms with Crippen molar-refractivity contribution in [3.8, 4) is 0 Å². The Balaban J connectivity index is 0.000000259. The highest BCUT2D eigenvalue weighted by Gasteiger charge is 2.36. The summed E-state index contributed by atoms with van der Waals surface area (Å²) in [6.45, 7) is 17.8. The normalized spacial score (nSPS) is 15.6. The second-order valence-electron chi connectivity index (χ2n) is 19.6. The molecular formula is C53H74BClN11O10P2S2+2. The number of hydrogen-bond donors (Lipinski definition) is 5. The fourth-order valence-corrected chi connectivity index (χ4v) is 12.2. The molecule has 3 aromatic heterocycles. The molecule has 3 aliphatic rings. The lowest BCUT2D eigenvalue weighted by atomic mass is 9.92. The molecule has 5 heterocycles. The second kappa shape index (κ2) is 30.3. The number of nitrogens with one attached hydrogen (secondary N) is 5. The SMILES string of the molecule is CC(C)Nc1cccnc1N1CCN(C(=O)c2cc3cc(NS(C)(=O)=O)ccc3[nH]2)CC1.CCO[P+](=O)CCC1C(C(=O)N2CCN(c3ncccc3NC(C)C)CC2)=Cc2cc(NS(C)(=O)=O)ccc21.CCO[P+](=O)CCCl.[B]. The first-order valence-corrected chi connectivity index (χ1v) is 33.3. The van der Waals surface area contributed by atoms with Crippen molar-refractivity contribution < 1.29 is 44.6 Å². The van der Waals surface area contributed by atoms with E-state index >= 15 is 0 Å². The van der Waals surface area contributed by atoms with E-state index in [-0.39, 0.29) is 32.2 Å². The van der Waals surface area contributed by atoms with Gasteiger partial charge in [-0.1, -0.05) is 6.07 Å². The number of nitrogens with zero attached hydrogens (tertiary/aromatic N) is 6. The Hall–Kier alpha value is -5.87. The van der Waals surface area contributed by atoms with Gasteiger partial charge in [0.2, 0.25) is 20.0 Å². The quantitative estimate of drug-likeness (QED) is 0.0262. The van der Waals surface area contributed by atoms with Gasteiger partial charge in [0.25, 0.3) is 11.8 Å². The summed E-state index contributed by atoms with van der Waals surface area (Å²) in [6.07, 6.45) is 8.92. The van der Waals surface area contributed by atoms with Gasteiger partial charge >= 0.3 is 16.1 Å². The monoisotopic (exact) mass is 1200 g/mol. The van der Waals surface area contributed by atoms with E-state index in [0.717, 1.165) is 57.6 Å². The molecule has 0 bridgehead atoms. The van der Waals surface area contributed by atoms with E-state index in [4.69, 9.17) is 20.6 Å². The van der Waals surface area contributed by atoms with Crippen molar-refractivity contribution >= 4 is 119 Å². The highest BCUT2D eigenvalue weighted by Crippen LogP contribution is 2.43. The van der Waals surface area contributed by atoms with Crippen LogP contribution in [0.2, 0.25) is 0 Å².